The van der Waals surface area contributed by atoms with E-state index in [4.69, 9.17) is 0 Å². The summed E-state index contributed by atoms with van der Waals surface area (Å²) in [4.78, 5) is 8.88. The number of hydrogen-bond donors (Lipinski definition) is 0. The predicted octanol–water partition coefficient (Wildman–Crippen LogP) is 8.19. The average Bonchev–Trinajstić information content (AvgIpc) is 3.09. The Balaban J connectivity index is 2.24. The van der Waals surface area contributed by atoms with Gasteiger partial charge in [0.1, 0.15) is 0 Å². The first-order valence-electron chi connectivity index (χ1n) is 12.0. The molecule has 0 spiro atoms. The minimum absolute atomic E-state index is 0.200. The van der Waals surface area contributed by atoms with Gasteiger partial charge in [-0.15, -0.1) is 0 Å². The number of aromatic nitrogens is 3. The number of nitrogens with zero attached hydrogens (tertiary/aromatic N) is 3. The van der Waals surface area contributed by atoms with E-state index < -0.39 is 0 Å². The zero-order valence-electron chi connectivity index (χ0n) is 20.2. The number of rotatable bonds is 10. The van der Waals surface area contributed by atoms with Crippen molar-refractivity contribution in [2.24, 2.45) is 16.7 Å². The van der Waals surface area contributed by atoms with E-state index in [0.29, 0.717) is 17.4 Å². The van der Waals surface area contributed by atoms with Crippen molar-refractivity contribution in [2.45, 2.75) is 93.0 Å². The predicted molar refractivity (Wildman–Crippen MR) is 130 cm³/mol. The van der Waals surface area contributed by atoms with Crippen LogP contribution in [0.5, 0.6) is 0 Å². The third-order valence-electron chi connectivity index (χ3n) is 8.06. The van der Waals surface area contributed by atoms with Gasteiger partial charge in [-0.05, 0) is 41.7 Å². The monoisotopic (exact) mass is 407 g/mol. The van der Waals surface area contributed by atoms with Crippen LogP contribution in [0.1, 0.15) is 93.0 Å². The molecule has 0 N–H and O–H groups in total. The number of unbranched alkanes of at least 4 members (excludes halogenated alkanes) is 1. The fourth-order valence-electron chi connectivity index (χ4n) is 5.22. The standard InChI is InChI=1S/C27H41N3/c1-8-11-14-26(5,6)25(17-27(7,10-3)20(4)9-2)30-23-12-15-28-18-21(23)22-19-29-16-13-24(22)30/h12-13,15-16,18-20,25H,8-11,14,17H2,1-7H3. The van der Waals surface area contributed by atoms with E-state index >= 15 is 0 Å². The highest BCUT2D eigenvalue weighted by Crippen LogP contribution is 2.50. The van der Waals surface area contributed by atoms with Gasteiger partial charge >= 0.3 is 0 Å². The highest BCUT2D eigenvalue weighted by molar-refractivity contribution is 6.07. The van der Waals surface area contributed by atoms with Gasteiger partial charge in [0.25, 0.3) is 0 Å². The molecular formula is C27H41N3. The van der Waals surface area contributed by atoms with Crippen LogP contribution in [0.3, 0.4) is 0 Å². The summed E-state index contributed by atoms with van der Waals surface area (Å²) in [6, 6.07) is 4.82. The van der Waals surface area contributed by atoms with Crippen molar-refractivity contribution >= 4 is 21.8 Å². The molecule has 3 aromatic heterocycles. The molecule has 0 aliphatic rings. The van der Waals surface area contributed by atoms with Gasteiger partial charge in [0.05, 0.1) is 11.0 Å². The van der Waals surface area contributed by atoms with Gasteiger partial charge in [0, 0.05) is 41.6 Å². The van der Waals surface area contributed by atoms with Crippen LogP contribution in [0.25, 0.3) is 21.8 Å². The molecule has 0 saturated heterocycles. The van der Waals surface area contributed by atoms with Gasteiger partial charge in [-0.1, -0.05) is 74.1 Å². The van der Waals surface area contributed by atoms with E-state index in [1.165, 1.54) is 60.3 Å². The molecule has 3 nitrogen and oxygen atoms in total. The first kappa shape index (κ1) is 22.8. The third-order valence-corrected chi connectivity index (χ3v) is 8.06. The molecule has 3 aromatic rings. The first-order chi connectivity index (χ1) is 14.3. The lowest BCUT2D eigenvalue weighted by Crippen LogP contribution is -2.35. The molecule has 3 atom stereocenters. The lowest BCUT2D eigenvalue weighted by atomic mass is 9.65. The van der Waals surface area contributed by atoms with Crippen molar-refractivity contribution in [1.82, 2.24) is 14.5 Å². The lowest BCUT2D eigenvalue weighted by Gasteiger charge is -2.44. The lowest BCUT2D eigenvalue weighted by molar-refractivity contribution is 0.0848. The number of hydrogen-bond acceptors (Lipinski definition) is 2. The molecule has 0 aromatic carbocycles. The molecule has 3 heterocycles. The van der Waals surface area contributed by atoms with Crippen molar-refractivity contribution in [3.05, 3.63) is 36.9 Å². The summed E-state index contributed by atoms with van der Waals surface area (Å²) in [6.07, 6.45) is 15.3. The largest absolute Gasteiger partial charge is 0.337 e. The maximum atomic E-state index is 4.44. The summed E-state index contributed by atoms with van der Waals surface area (Å²) in [5.74, 6) is 0.698. The topological polar surface area (TPSA) is 30.7 Å². The molecule has 0 radical (unpaired) electrons. The Morgan fingerprint density at radius 1 is 0.933 bits per heavy atom. The Morgan fingerprint density at radius 2 is 1.50 bits per heavy atom. The highest BCUT2D eigenvalue weighted by atomic mass is 15.0. The summed E-state index contributed by atoms with van der Waals surface area (Å²) in [5.41, 5.74) is 3.10. The molecule has 0 saturated carbocycles. The summed E-state index contributed by atoms with van der Waals surface area (Å²) in [5, 5.41) is 2.44. The van der Waals surface area contributed by atoms with Gasteiger partial charge < -0.3 is 4.57 Å². The molecular weight excluding hydrogens is 366 g/mol. The quantitative estimate of drug-likeness (QED) is 0.339. The molecule has 164 valence electrons. The summed E-state index contributed by atoms with van der Waals surface area (Å²) in [6.45, 7) is 17.0. The van der Waals surface area contributed by atoms with Gasteiger partial charge in [-0.25, -0.2) is 0 Å². The molecule has 30 heavy (non-hydrogen) atoms. The summed E-state index contributed by atoms with van der Waals surface area (Å²) >= 11 is 0. The van der Waals surface area contributed by atoms with Crippen LogP contribution < -0.4 is 0 Å². The Labute approximate surface area is 183 Å². The molecule has 0 fully saturated rings. The van der Waals surface area contributed by atoms with E-state index in [1.807, 2.05) is 24.8 Å². The number of fused-ring (bicyclic) bond motifs is 3. The zero-order valence-corrected chi connectivity index (χ0v) is 20.2. The van der Waals surface area contributed by atoms with Crippen LogP contribution >= 0.6 is 0 Å². The summed E-state index contributed by atoms with van der Waals surface area (Å²) < 4.78 is 2.64. The van der Waals surface area contributed by atoms with E-state index in [-0.39, 0.29) is 5.41 Å². The molecule has 3 unspecified atom stereocenters. The minimum Gasteiger partial charge on any atom is -0.337 e. The van der Waals surface area contributed by atoms with E-state index in [9.17, 15) is 0 Å². The van der Waals surface area contributed by atoms with Crippen LogP contribution in [0.2, 0.25) is 0 Å². The summed E-state index contributed by atoms with van der Waals surface area (Å²) in [7, 11) is 0. The van der Waals surface area contributed by atoms with Gasteiger partial charge in [0.2, 0.25) is 0 Å². The van der Waals surface area contributed by atoms with Crippen molar-refractivity contribution < 1.29 is 0 Å². The van der Waals surface area contributed by atoms with Crippen molar-refractivity contribution in [1.29, 1.82) is 0 Å². The van der Waals surface area contributed by atoms with Gasteiger partial charge in [0.15, 0.2) is 0 Å². The third kappa shape index (κ3) is 4.13. The van der Waals surface area contributed by atoms with Crippen molar-refractivity contribution in [3.8, 4) is 0 Å². The average molecular weight is 408 g/mol. The SMILES string of the molecule is CCCCC(C)(C)C(CC(C)(CC)C(C)CC)n1c2ccncc2c2cnccc21. The molecule has 0 amide bonds. The van der Waals surface area contributed by atoms with Crippen molar-refractivity contribution in [3.63, 3.8) is 0 Å². The fraction of sp³-hybridized carbons (Fsp3) is 0.630. The molecule has 0 bridgehead atoms. The smallest absolute Gasteiger partial charge is 0.0525 e. The Morgan fingerprint density at radius 3 is 1.97 bits per heavy atom. The Bertz CT molecular complexity index is 917. The molecule has 3 rings (SSSR count). The maximum absolute atomic E-state index is 4.44. The van der Waals surface area contributed by atoms with E-state index in [1.54, 1.807) is 0 Å². The Kier molecular flexibility index (Phi) is 6.89. The Hall–Kier alpha value is -1.90. The van der Waals surface area contributed by atoms with Crippen LogP contribution in [0, 0.1) is 16.7 Å². The van der Waals surface area contributed by atoms with Gasteiger partial charge in [-0.3, -0.25) is 9.97 Å². The number of pyridine rings is 2. The zero-order chi connectivity index (χ0) is 21.9. The van der Waals surface area contributed by atoms with Crippen LogP contribution in [0.15, 0.2) is 36.9 Å². The second-order valence-corrected chi connectivity index (χ2v) is 10.3. The van der Waals surface area contributed by atoms with Gasteiger partial charge in [-0.2, -0.15) is 0 Å². The highest BCUT2D eigenvalue weighted by Gasteiger charge is 2.39. The van der Waals surface area contributed by atoms with E-state index in [2.05, 4.69) is 75.1 Å². The molecule has 3 heteroatoms. The normalized spacial score (nSPS) is 16.6. The molecule has 0 aliphatic carbocycles. The molecule has 0 aliphatic heterocycles. The maximum Gasteiger partial charge on any atom is 0.0525 e. The van der Waals surface area contributed by atoms with Crippen molar-refractivity contribution in [2.75, 3.05) is 0 Å². The second kappa shape index (κ2) is 9.08. The minimum atomic E-state index is 0.200. The second-order valence-electron chi connectivity index (χ2n) is 10.3. The van der Waals surface area contributed by atoms with Crippen LogP contribution in [-0.4, -0.2) is 14.5 Å². The fourth-order valence-corrected chi connectivity index (χ4v) is 5.22. The first-order valence-corrected chi connectivity index (χ1v) is 12.0. The van der Waals surface area contributed by atoms with Crippen LogP contribution in [-0.2, 0) is 0 Å². The van der Waals surface area contributed by atoms with E-state index in [0.717, 1.165) is 0 Å². The van der Waals surface area contributed by atoms with Crippen LogP contribution in [0.4, 0.5) is 0 Å².